The number of carbonyl (C=O) groups is 2. The molecule has 1 amide bonds. The predicted molar refractivity (Wildman–Crippen MR) is 108 cm³/mol. The number of aryl methyl sites for hydroxylation is 1. The van der Waals surface area contributed by atoms with Crippen LogP contribution in [0.25, 0.3) is 10.8 Å². The maximum atomic E-state index is 12.5. The SMILES string of the molecule is Cc1ccc(SCCNC(=O)Cn2nc(C(=O)O)c3ccccc3c2=O)cc1. The third kappa shape index (κ3) is 4.58. The molecule has 3 aromatic rings. The number of rotatable bonds is 7. The second-order valence-electron chi connectivity index (χ2n) is 6.17. The Kier molecular flexibility index (Phi) is 6.10. The Balaban J connectivity index is 1.64. The first-order valence-electron chi connectivity index (χ1n) is 8.65. The van der Waals surface area contributed by atoms with Gasteiger partial charge in [0.05, 0.1) is 5.39 Å². The highest BCUT2D eigenvalue weighted by Crippen LogP contribution is 2.17. The van der Waals surface area contributed by atoms with Gasteiger partial charge in [-0.2, -0.15) is 5.10 Å². The van der Waals surface area contributed by atoms with Crippen molar-refractivity contribution in [3.05, 3.63) is 70.1 Å². The summed E-state index contributed by atoms with van der Waals surface area (Å²) >= 11 is 1.61. The molecule has 3 rings (SSSR count). The fraction of sp³-hybridized carbons (Fsp3) is 0.200. The third-order valence-electron chi connectivity index (χ3n) is 4.08. The van der Waals surface area contributed by atoms with Crippen LogP contribution in [0.15, 0.2) is 58.2 Å². The first kappa shape index (κ1) is 19.6. The molecule has 7 nitrogen and oxygen atoms in total. The Morgan fingerprint density at radius 3 is 2.46 bits per heavy atom. The van der Waals surface area contributed by atoms with E-state index in [2.05, 4.69) is 10.4 Å². The van der Waals surface area contributed by atoms with Crippen molar-refractivity contribution in [3.8, 4) is 0 Å². The molecule has 2 aromatic carbocycles. The predicted octanol–water partition coefficient (Wildman–Crippen LogP) is 2.31. The van der Waals surface area contributed by atoms with Gasteiger partial charge in [-0.25, -0.2) is 9.48 Å². The fourth-order valence-corrected chi connectivity index (χ4v) is 3.45. The average Bonchev–Trinajstić information content (AvgIpc) is 2.68. The van der Waals surface area contributed by atoms with Crippen LogP contribution >= 0.6 is 11.8 Å². The van der Waals surface area contributed by atoms with Crippen molar-refractivity contribution in [2.24, 2.45) is 0 Å². The number of carbonyl (C=O) groups excluding carboxylic acids is 1. The topological polar surface area (TPSA) is 101 Å². The molecular formula is C20H19N3O4S. The molecule has 1 heterocycles. The number of nitrogens with zero attached hydrogens (tertiary/aromatic N) is 2. The third-order valence-corrected chi connectivity index (χ3v) is 5.09. The van der Waals surface area contributed by atoms with E-state index in [-0.39, 0.29) is 23.0 Å². The minimum atomic E-state index is -1.25. The lowest BCUT2D eigenvalue weighted by Gasteiger charge is -2.09. The van der Waals surface area contributed by atoms with E-state index in [9.17, 15) is 19.5 Å². The zero-order valence-corrected chi connectivity index (χ0v) is 16.0. The summed E-state index contributed by atoms with van der Waals surface area (Å²) in [5, 5.41) is 16.4. The van der Waals surface area contributed by atoms with E-state index in [1.165, 1.54) is 17.7 Å². The zero-order chi connectivity index (χ0) is 20.1. The van der Waals surface area contributed by atoms with E-state index in [4.69, 9.17) is 0 Å². The molecule has 0 unspecified atom stereocenters. The Hall–Kier alpha value is -3.13. The highest BCUT2D eigenvalue weighted by Gasteiger charge is 2.16. The number of aromatic nitrogens is 2. The normalized spacial score (nSPS) is 10.8. The van der Waals surface area contributed by atoms with Crippen molar-refractivity contribution in [2.75, 3.05) is 12.3 Å². The maximum absolute atomic E-state index is 12.5. The maximum Gasteiger partial charge on any atom is 0.357 e. The molecule has 0 fully saturated rings. The molecule has 0 aliphatic carbocycles. The van der Waals surface area contributed by atoms with Gasteiger partial charge in [0.25, 0.3) is 5.56 Å². The molecular weight excluding hydrogens is 378 g/mol. The van der Waals surface area contributed by atoms with Gasteiger partial charge in [0.1, 0.15) is 6.54 Å². The lowest BCUT2D eigenvalue weighted by Crippen LogP contribution is -2.35. The molecule has 0 spiro atoms. The second-order valence-corrected chi connectivity index (χ2v) is 7.34. The van der Waals surface area contributed by atoms with Crippen LogP contribution < -0.4 is 10.9 Å². The van der Waals surface area contributed by atoms with Gasteiger partial charge in [0, 0.05) is 22.6 Å². The highest BCUT2D eigenvalue weighted by molar-refractivity contribution is 7.99. The van der Waals surface area contributed by atoms with Crippen molar-refractivity contribution in [2.45, 2.75) is 18.4 Å². The van der Waals surface area contributed by atoms with Gasteiger partial charge in [0.15, 0.2) is 5.69 Å². The Labute approximate surface area is 165 Å². The van der Waals surface area contributed by atoms with Crippen LogP contribution in [0.2, 0.25) is 0 Å². The zero-order valence-electron chi connectivity index (χ0n) is 15.2. The summed E-state index contributed by atoms with van der Waals surface area (Å²) in [4.78, 5) is 37.2. The van der Waals surface area contributed by atoms with E-state index < -0.39 is 17.4 Å². The fourth-order valence-electron chi connectivity index (χ4n) is 2.69. The molecule has 0 aliphatic heterocycles. The summed E-state index contributed by atoms with van der Waals surface area (Å²) in [6.45, 7) is 2.11. The first-order chi connectivity index (χ1) is 13.5. The summed E-state index contributed by atoms with van der Waals surface area (Å²) < 4.78 is 0.897. The number of hydrogen-bond acceptors (Lipinski definition) is 5. The minimum absolute atomic E-state index is 0.220. The van der Waals surface area contributed by atoms with Crippen molar-refractivity contribution < 1.29 is 14.7 Å². The van der Waals surface area contributed by atoms with Crippen molar-refractivity contribution in [3.63, 3.8) is 0 Å². The number of benzene rings is 2. The first-order valence-corrected chi connectivity index (χ1v) is 9.63. The Morgan fingerprint density at radius 1 is 1.11 bits per heavy atom. The standard InChI is InChI=1S/C20H19N3O4S/c1-13-6-8-14(9-7-13)28-11-10-21-17(24)12-23-19(25)16-5-3-2-4-15(16)18(22-23)20(26)27/h2-9H,10-12H2,1H3,(H,21,24)(H,26,27). The van der Waals surface area contributed by atoms with Gasteiger partial charge in [-0.05, 0) is 25.1 Å². The molecule has 0 bridgehead atoms. The van der Waals surface area contributed by atoms with Crippen molar-refractivity contribution in [1.82, 2.24) is 15.1 Å². The molecule has 0 atom stereocenters. The van der Waals surface area contributed by atoms with Gasteiger partial charge >= 0.3 is 5.97 Å². The molecule has 0 radical (unpaired) electrons. The van der Waals surface area contributed by atoms with Crippen LogP contribution in [-0.2, 0) is 11.3 Å². The van der Waals surface area contributed by atoms with Crippen LogP contribution in [0.1, 0.15) is 16.1 Å². The summed E-state index contributed by atoms with van der Waals surface area (Å²) in [5.74, 6) is -0.972. The largest absolute Gasteiger partial charge is 0.476 e. The highest BCUT2D eigenvalue weighted by atomic mass is 32.2. The number of carboxylic acid groups (broad SMARTS) is 1. The number of carboxylic acids is 1. The molecule has 28 heavy (non-hydrogen) atoms. The van der Waals surface area contributed by atoms with Crippen LogP contribution in [0.5, 0.6) is 0 Å². The van der Waals surface area contributed by atoms with Gasteiger partial charge in [-0.15, -0.1) is 11.8 Å². The van der Waals surface area contributed by atoms with Gasteiger partial charge in [0.2, 0.25) is 5.91 Å². The van der Waals surface area contributed by atoms with E-state index in [0.717, 1.165) is 9.58 Å². The summed E-state index contributed by atoms with van der Waals surface area (Å²) in [7, 11) is 0. The summed E-state index contributed by atoms with van der Waals surface area (Å²) in [5.41, 5.74) is 0.439. The van der Waals surface area contributed by atoms with E-state index in [1.54, 1.807) is 23.9 Å². The van der Waals surface area contributed by atoms with Crippen LogP contribution in [0.3, 0.4) is 0 Å². The number of thioether (sulfide) groups is 1. The number of fused-ring (bicyclic) bond motifs is 1. The van der Waals surface area contributed by atoms with Crippen LogP contribution in [0.4, 0.5) is 0 Å². The molecule has 8 heteroatoms. The molecule has 144 valence electrons. The van der Waals surface area contributed by atoms with E-state index in [0.29, 0.717) is 12.3 Å². The molecule has 1 aromatic heterocycles. The number of aromatic carboxylic acids is 1. The molecule has 0 saturated carbocycles. The van der Waals surface area contributed by atoms with Gasteiger partial charge < -0.3 is 10.4 Å². The van der Waals surface area contributed by atoms with Crippen molar-refractivity contribution in [1.29, 1.82) is 0 Å². The Bertz CT molecular complexity index is 1080. The minimum Gasteiger partial charge on any atom is -0.476 e. The van der Waals surface area contributed by atoms with Crippen LogP contribution in [0, 0.1) is 6.92 Å². The number of nitrogens with one attached hydrogen (secondary N) is 1. The Morgan fingerprint density at radius 2 is 1.79 bits per heavy atom. The van der Waals surface area contributed by atoms with Gasteiger partial charge in [-0.3, -0.25) is 9.59 Å². The van der Waals surface area contributed by atoms with E-state index >= 15 is 0 Å². The molecule has 0 saturated heterocycles. The smallest absolute Gasteiger partial charge is 0.357 e. The summed E-state index contributed by atoms with van der Waals surface area (Å²) in [6.07, 6.45) is 0. The lowest BCUT2D eigenvalue weighted by molar-refractivity contribution is -0.121. The molecule has 0 aliphatic rings. The van der Waals surface area contributed by atoms with Crippen LogP contribution in [-0.4, -0.2) is 39.1 Å². The van der Waals surface area contributed by atoms with Crippen molar-refractivity contribution >= 4 is 34.4 Å². The summed E-state index contributed by atoms with van der Waals surface area (Å²) in [6, 6.07) is 14.4. The average molecular weight is 397 g/mol. The monoisotopic (exact) mass is 397 g/mol. The quantitative estimate of drug-likeness (QED) is 0.469. The number of amides is 1. The lowest BCUT2D eigenvalue weighted by atomic mass is 10.1. The van der Waals surface area contributed by atoms with Gasteiger partial charge in [-0.1, -0.05) is 35.9 Å². The van der Waals surface area contributed by atoms with E-state index in [1.807, 2.05) is 31.2 Å². The second kappa shape index (κ2) is 8.71. The number of hydrogen-bond donors (Lipinski definition) is 2. The molecule has 2 N–H and O–H groups in total.